The Morgan fingerprint density at radius 1 is 1.35 bits per heavy atom. The van der Waals surface area contributed by atoms with Crippen molar-refractivity contribution >= 4 is 12.0 Å². The standard InChI is InChI=1S/C13H16O4/c1-2-3-8-17-12(13(15)16)9-10-4-6-11(14)7-5-10/h4-7,9,14H,2-3,8H2,1H3,(H,15,16)/b12-9-. The molecule has 0 aliphatic heterocycles. The van der Waals surface area contributed by atoms with Gasteiger partial charge in [-0.15, -0.1) is 0 Å². The van der Waals surface area contributed by atoms with Crippen molar-refractivity contribution in [3.05, 3.63) is 35.6 Å². The van der Waals surface area contributed by atoms with E-state index in [4.69, 9.17) is 14.9 Å². The summed E-state index contributed by atoms with van der Waals surface area (Å²) < 4.78 is 5.18. The van der Waals surface area contributed by atoms with Crippen molar-refractivity contribution < 1.29 is 19.7 Å². The van der Waals surface area contributed by atoms with E-state index in [9.17, 15) is 4.79 Å². The first-order valence-electron chi connectivity index (χ1n) is 5.50. The Kier molecular flexibility index (Phi) is 5.07. The monoisotopic (exact) mass is 236 g/mol. The minimum atomic E-state index is -1.09. The fourth-order valence-corrected chi connectivity index (χ4v) is 1.21. The molecule has 17 heavy (non-hydrogen) atoms. The number of benzene rings is 1. The maximum atomic E-state index is 10.9. The molecule has 0 amide bonds. The Morgan fingerprint density at radius 2 is 2.00 bits per heavy atom. The van der Waals surface area contributed by atoms with Gasteiger partial charge in [0.15, 0.2) is 0 Å². The Labute approximate surface area is 100 Å². The molecule has 1 rings (SSSR count). The average Bonchev–Trinajstić information content (AvgIpc) is 2.30. The van der Waals surface area contributed by atoms with E-state index in [1.165, 1.54) is 18.2 Å². The van der Waals surface area contributed by atoms with Gasteiger partial charge in [-0.05, 0) is 30.2 Å². The number of carboxylic acids is 1. The van der Waals surface area contributed by atoms with Crippen molar-refractivity contribution in [2.45, 2.75) is 19.8 Å². The van der Waals surface area contributed by atoms with Gasteiger partial charge in [-0.2, -0.15) is 0 Å². The molecule has 0 radical (unpaired) electrons. The lowest BCUT2D eigenvalue weighted by Gasteiger charge is -2.05. The maximum absolute atomic E-state index is 10.9. The quantitative estimate of drug-likeness (QED) is 0.452. The van der Waals surface area contributed by atoms with E-state index >= 15 is 0 Å². The van der Waals surface area contributed by atoms with Gasteiger partial charge in [0.05, 0.1) is 6.61 Å². The molecule has 92 valence electrons. The molecule has 0 aliphatic rings. The number of rotatable bonds is 6. The molecule has 0 unspecified atom stereocenters. The normalized spacial score (nSPS) is 11.2. The first kappa shape index (κ1) is 13.1. The van der Waals surface area contributed by atoms with Crippen molar-refractivity contribution in [1.29, 1.82) is 0 Å². The van der Waals surface area contributed by atoms with Crippen molar-refractivity contribution in [3.63, 3.8) is 0 Å². The van der Waals surface area contributed by atoms with Crippen molar-refractivity contribution in [3.8, 4) is 5.75 Å². The van der Waals surface area contributed by atoms with Gasteiger partial charge >= 0.3 is 5.97 Å². The Bertz CT molecular complexity index is 392. The molecule has 0 spiro atoms. The van der Waals surface area contributed by atoms with Crippen LogP contribution >= 0.6 is 0 Å². The molecule has 0 saturated heterocycles. The van der Waals surface area contributed by atoms with Crippen LogP contribution in [0.2, 0.25) is 0 Å². The molecule has 0 fully saturated rings. The number of phenolic OH excluding ortho intramolecular Hbond substituents is 1. The van der Waals surface area contributed by atoms with E-state index in [1.807, 2.05) is 6.92 Å². The number of aliphatic carboxylic acids is 1. The summed E-state index contributed by atoms with van der Waals surface area (Å²) in [6.45, 7) is 2.40. The van der Waals surface area contributed by atoms with Crippen LogP contribution in [0.3, 0.4) is 0 Å². The first-order chi connectivity index (χ1) is 8.13. The predicted molar refractivity (Wildman–Crippen MR) is 64.6 cm³/mol. The van der Waals surface area contributed by atoms with Gasteiger partial charge in [0.1, 0.15) is 5.75 Å². The Morgan fingerprint density at radius 3 is 2.53 bits per heavy atom. The molecule has 0 aromatic heterocycles. The molecular weight excluding hydrogens is 220 g/mol. The summed E-state index contributed by atoms with van der Waals surface area (Å²) in [7, 11) is 0. The molecule has 0 bridgehead atoms. The van der Waals surface area contributed by atoms with E-state index in [0.29, 0.717) is 12.2 Å². The first-order valence-corrected chi connectivity index (χ1v) is 5.50. The van der Waals surface area contributed by atoms with E-state index < -0.39 is 5.97 Å². The number of unbranched alkanes of at least 4 members (excludes halogenated alkanes) is 1. The highest BCUT2D eigenvalue weighted by molar-refractivity contribution is 5.89. The molecule has 4 nitrogen and oxygen atoms in total. The van der Waals surface area contributed by atoms with Crippen LogP contribution < -0.4 is 0 Å². The predicted octanol–water partition coefficient (Wildman–Crippen LogP) is 2.63. The molecule has 2 N–H and O–H groups in total. The van der Waals surface area contributed by atoms with Crippen LogP contribution in [-0.2, 0) is 9.53 Å². The fourth-order valence-electron chi connectivity index (χ4n) is 1.21. The third kappa shape index (κ3) is 4.59. The summed E-state index contributed by atoms with van der Waals surface area (Å²) in [5, 5.41) is 18.1. The number of ether oxygens (including phenoxy) is 1. The maximum Gasteiger partial charge on any atom is 0.371 e. The zero-order valence-corrected chi connectivity index (χ0v) is 9.72. The molecule has 0 saturated carbocycles. The highest BCUT2D eigenvalue weighted by Gasteiger charge is 2.08. The number of hydrogen-bond donors (Lipinski definition) is 2. The number of carboxylic acid groups (broad SMARTS) is 1. The third-order valence-electron chi connectivity index (χ3n) is 2.16. The molecule has 0 aliphatic carbocycles. The summed E-state index contributed by atoms with van der Waals surface area (Å²) in [6, 6.07) is 6.25. The number of aromatic hydroxyl groups is 1. The summed E-state index contributed by atoms with van der Waals surface area (Å²) >= 11 is 0. The van der Waals surface area contributed by atoms with Gasteiger partial charge in [-0.25, -0.2) is 4.79 Å². The summed E-state index contributed by atoms with van der Waals surface area (Å²) in [4.78, 5) is 10.9. The van der Waals surface area contributed by atoms with Crippen molar-refractivity contribution in [2.24, 2.45) is 0 Å². The summed E-state index contributed by atoms with van der Waals surface area (Å²) in [5.74, 6) is -1.02. The molecule has 4 heteroatoms. The van der Waals surface area contributed by atoms with Gasteiger partial charge in [-0.3, -0.25) is 0 Å². The van der Waals surface area contributed by atoms with E-state index in [1.54, 1.807) is 12.1 Å². The molecule has 0 heterocycles. The van der Waals surface area contributed by atoms with Gasteiger partial charge in [-0.1, -0.05) is 25.5 Å². The Hall–Kier alpha value is -1.97. The number of hydrogen-bond acceptors (Lipinski definition) is 3. The second kappa shape index (κ2) is 6.58. The van der Waals surface area contributed by atoms with Gasteiger partial charge in [0, 0.05) is 0 Å². The van der Waals surface area contributed by atoms with Crippen LogP contribution in [0, 0.1) is 0 Å². The van der Waals surface area contributed by atoms with Gasteiger partial charge < -0.3 is 14.9 Å². The van der Waals surface area contributed by atoms with Gasteiger partial charge in [0.25, 0.3) is 0 Å². The zero-order valence-electron chi connectivity index (χ0n) is 9.72. The highest BCUT2D eigenvalue weighted by Crippen LogP contribution is 2.13. The smallest absolute Gasteiger partial charge is 0.371 e. The van der Waals surface area contributed by atoms with Crippen LogP contribution in [0.5, 0.6) is 5.75 Å². The largest absolute Gasteiger partial charge is 0.508 e. The summed E-state index contributed by atoms with van der Waals surface area (Å²) in [6.07, 6.45) is 3.21. The minimum Gasteiger partial charge on any atom is -0.508 e. The van der Waals surface area contributed by atoms with Crippen LogP contribution in [0.4, 0.5) is 0 Å². The third-order valence-corrected chi connectivity index (χ3v) is 2.16. The molecule has 1 aromatic carbocycles. The summed E-state index contributed by atoms with van der Waals surface area (Å²) in [5.41, 5.74) is 0.677. The Balaban J connectivity index is 2.75. The van der Waals surface area contributed by atoms with E-state index in [2.05, 4.69) is 0 Å². The minimum absolute atomic E-state index is 0.0795. The second-order valence-electron chi connectivity index (χ2n) is 3.61. The molecule has 0 atom stereocenters. The van der Waals surface area contributed by atoms with E-state index in [0.717, 1.165) is 12.8 Å². The van der Waals surface area contributed by atoms with Crippen LogP contribution in [0.25, 0.3) is 6.08 Å². The topological polar surface area (TPSA) is 66.8 Å². The molecule has 1 aromatic rings. The lowest BCUT2D eigenvalue weighted by molar-refractivity contribution is -0.136. The van der Waals surface area contributed by atoms with Crippen molar-refractivity contribution in [2.75, 3.05) is 6.61 Å². The van der Waals surface area contributed by atoms with Crippen LogP contribution in [0.15, 0.2) is 30.0 Å². The van der Waals surface area contributed by atoms with Gasteiger partial charge in [0.2, 0.25) is 5.76 Å². The highest BCUT2D eigenvalue weighted by atomic mass is 16.5. The lowest BCUT2D eigenvalue weighted by atomic mass is 10.2. The second-order valence-corrected chi connectivity index (χ2v) is 3.61. The molecular formula is C13H16O4. The van der Waals surface area contributed by atoms with E-state index in [-0.39, 0.29) is 11.5 Å². The van der Waals surface area contributed by atoms with Crippen LogP contribution in [0.1, 0.15) is 25.3 Å². The number of carbonyl (C=O) groups is 1. The van der Waals surface area contributed by atoms with Crippen LogP contribution in [-0.4, -0.2) is 22.8 Å². The average molecular weight is 236 g/mol. The fraction of sp³-hybridized carbons (Fsp3) is 0.308. The SMILES string of the molecule is CCCCO/C(=C\c1ccc(O)cc1)C(=O)O. The van der Waals surface area contributed by atoms with Crippen molar-refractivity contribution in [1.82, 2.24) is 0 Å². The lowest BCUT2D eigenvalue weighted by Crippen LogP contribution is -2.05. The zero-order chi connectivity index (χ0) is 12.7. The number of phenols is 1.